The largest absolute Gasteiger partial charge is 0.432 e. The van der Waals surface area contributed by atoms with Crippen LogP contribution < -0.4 is 0 Å². The van der Waals surface area contributed by atoms with E-state index >= 15 is 0 Å². The fourth-order valence-corrected chi connectivity index (χ4v) is 14.8. The molecule has 378 valence electrons. The summed E-state index contributed by atoms with van der Waals surface area (Å²) < 4.78 is 34.7. The molecule has 24 atom stereocenters. The van der Waals surface area contributed by atoms with Gasteiger partial charge in [-0.05, 0) is 111 Å². The molecular formula is C48H78O18. The van der Waals surface area contributed by atoms with Gasteiger partial charge in [-0.1, -0.05) is 53.2 Å². The highest BCUT2D eigenvalue weighted by Gasteiger charge is 2.70. The van der Waals surface area contributed by atoms with Crippen LogP contribution in [0.25, 0.3) is 0 Å². The second kappa shape index (κ2) is 18.0. The van der Waals surface area contributed by atoms with Gasteiger partial charge in [0.1, 0.15) is 67.1 Å². The van der Waals surface area contributed by atoms with Crippen molar-refractivity contribution in [2.24, 2.45) is 50.2 Å². The summed E-state index contributed by atoms with van der Waals surface area (Å²) in [5.41, 5.74) is -0.838. The van der Waals surface area contributed by atoms with Crippen LogP contribution in [0.4, 0.5) is 0 Å². The molecule has 18 nitrogen and oxygen atoms in total. The Bertz CT molecular complexity index is 1800. The lowest BCUT2D eigenvalue weighted by molar-refractivity contribution is -0.361. The van der Waals surface area contributed by atoms with E-state index in [1.54, 1.807) is 0 Å². The van der Waals surface area contributed by atoms with E-state index in [9.17, 15) is 61.0 Å². The first-order valence-electron chi connectivity index (χ1n) is 24.3. The Morgan fingerprint density at radius 3 is 2.00 bits per heavy atom. The summed E-state index contributed by atoms with van der Waals surface area (Å²) in [7, 11) is 0. The molecule has 66 heavy (non-hydrogen) atoms. The minimum Gasteiger partial charge on any atom is -0.432 e. The van der Waals surface area contributed by atoms with Gasteiger partial charge in [0.05, 0.1) is 37.4 Å². The zero-order valence-electron chi connectivity index (χ0n) is 39.5. The molecule has 0 radical (unpaired) electrons. The number of fused-ring (bicyclic) bond motifs is 7. The van der Waals surface area contributed by atoms with Crippen LogP contribution >= 0.6 is 0 Å². The fraction of sp³-hybridized carbons (Fsp3) is 0.938. The Balaban J connectivity index is 0.976. The van der Waals surface area contributed by atoms with E-state index in [0.29, 0.717) is 25.2 Å². The van der Waals surface area contributed by atoms with Crippen molar-refractivity contribution >= 4 is 5.97 Å². The molecule has 7 fully saturated rings. The molecule has 11 N–H and O–H groups in total. The number of hydrogen-bond donors (Lipinski definition) is 11. The summed E-state index contributed by atoms with van der Waals surface area (Å²) in [5, 5.41) is 118. The fourth-order valence-electron chi connectivity index (χ4n) is 14.8. The first-order valence-corrected chi connectivity index (χ1v) is 24.3. The third-order valence-electron chi connectivity index (χ3n) is 19.4. The summed E-state index contributed by atoms with van der Waals surface area (Å²) in [5.74, 6) is -0.273. The molecule has 4 saturated carbocycles. The van der Waals surface area contributed by atoms with Gasteiger partial charge >= 0.3 is 5.97 Å². The summed E-state index contributed by atoms with van der Waals surface area (Å²) in [6.45, 7) is 13.7. The van der Waals surface area contributed by atoms with E-state index in [0.717, 1.165) is 44.9 Å². The third-order valence-corrected chi connectivity index (χ3v) is 19.4. The maximum Gasteiger partial charge on any atom is 0.315 e. The smallest absolute Gasteiger partial charge is 0.315 e. The molecule has 3 heterocycles. The summed E-state index contributed by atoms with van der Waals surface area (Å²) in [4.78, 5) is 15.0. The number of aliphatic hydroxyl groups excluding tert-OH is 11. The van der Waals surface area contributed by atoms with E-state index in [1.165, 1.54) is 12.5 Å². The molecule has 3 aliphatic heterocycles. The average molecular weight is 943 g/mol. The highest BCUT2D eigenvalue weighted by Crippen LogP contribution is 2.76. The molecule has 0 spiro atoms. The van der Waals surface area contributed by atoms with Crippen LogP contribution in [0.15, 0.2) is 11.6 Å². The van der Waals surface area contributed by atoms with Crippen molar-refractivity contribution in [3.8, 4) is 0 Å². The molecule has 4 unspecified atom stereocenters. The lowest BCUT2D eigenvalue weighted by Gasteiger charge is -2.71. The van der Waals surface area contributed by atoms with E-state index < -0.39 is 128 Å². The molecule has 5 aliphatic carbocycles. The van der Waals surface area contributed by atoms with Crippen molar-refractivity contribution in [2.75, 3.05) is 19.8 Å². The van der Waals surface area contributed by atoms with Gasteiger partial charge in [0.25, 0.3) is 0 Å². The van der Waals surface area contributed by atoms with Crippen molar-refractivity contribution in [3.05, 3.63) is 11.6 Å². The molecule has 8 aliphatic rings. The van der Waals surface area contributed by atoms with Crippen LogP contribution in [0.3, 0.4) is 0 Å². The monoisotopic (exact) mass is 943 g/mol. The molecule has 0 bridgehead atoms. The number of esters is 1. The lowest BCUT2D eigenvalue weighted by Crippen LogP contribution is -2.66. The standard InChI is InChI=1S/C48H78O18/c1-22-30(52)32(54)35(57)40(62-22)65-38-25(19-49)63-39(37(59)34(38)56)61-20-26-31(53)33(55)36(58)41(64-26)66-42(60)48-16-14-43(2,3)18-24(48)23-8-9-28-44(4)12-11-29(51)45(5,21-50)27(44)10-13-47(28,7)46(23,6)15-17-48/h8,22,24-41,49-59H,9-21H2,1-7H3/t22-,24?,25+,26+,27?,28?,29-,30+,31+,32+,33-,34+,35+,36+,37+,38+,39+,40-,41-,44-,45-,46?,47+,48-/m0/s1. The lowest BCUT2D eigenvalue weighted by atomic mass is 9.33. The highest BCUT2D eigenvalue weighted by molar-refractivity contribution is 5.79. The van der Waals surface area contributed by atoms with Gasteiger partial charge in [0.15, 0.2) is 12.6 Å². The molecule has 8 rings (SSSR count). The van der Waals surface area contributed by atoms with Gasteiger partial charge in [-0.15, -0.1) is 0 Å². The van der Waals surface area contributed by atoms with Gasteiger partial charge in [0.2, 0.25) is 6.29 Å². The molecular weight excluding hydrogens is 865 g/mol. The van der Waals surface area contributed by atoms with Crippen LogP contribution in [-0.2, 0) is 33.2 Å². The van der Waals surface area contributed by atoms with Crippen molar-refractivity contribution in [1.82, 2.24) is 0 Å². The maximum absolute atomic E-state index is 15.0. The quantitative estimate of drug-likeness (QED) is 0.108. The van der Waals surface area contributed by atoms with Crippen LogP contribution in [0.5, 0.6) is 0 Å². The number of aliphatic hydroxyl groups is 11. The third kappa shape index (κ3) is 7.87. The summed E-state index contributed by atoms with van der Waals surface area (Å²) >= 11 is 0. The average Bonchev–Trinajstić information content (AvgIpc) is 3.27. The molecule has 0 aromatic heterocycles. The molecule has 0 aromatic rings. The molecule has 18 heteroatoms. The zero-order valence-corrected chi connectivity index (χ0v) is 39.5. The Hall–Kier alpha value is -1.43. The predicted molar refractivity (Wildman–Crippen MR) is 230 cm³/mol. The Morgan fingerprint density at radius 1 is 0.682 bits per heavy atom. The van der Waals surface area contributed by atoms with Gasteiger partial charge in [-0.3, -0.25) is 4.79 Å². The Kier molecular flexibility index (Phi) is 13.9. The maximum atomic E-state index is 15.0. The van der Waals surface area contributed by atoms with Gasteiger partial charge in [-0.25, -0.2) is 0 Å². The summed E-state index contributed by atoms with van der Waals surface area (Å²) in [6.07, 6.45) is -14.9. The van der Waals surface area contributed by atoms with Gasteiger partial charge in [0, 0.05) is 5.41 Å². The second-order valence-corrected chi connectivity index (χ2v) is 23.3. The van der Waals surface area contributed by atoms with E-state index in [4.69, 9.17) is 28.4 Å². The number of ether oxygens (including phenoxy) is 6. The second-order valence-electron chi connectivity index (χ2n) is 23.3. The van der Waals surface area contributed by atoms with Crippen molar-refractivity contribution in [2.45, 2.75) is 211 Å². The Labute approximate surface area is 387 Å². The van der Waals surface area contributed by atoms with E-state index in [1.807, 2.05) is 6.92 Å². The molecule has 3 saturated heterocycles. The normalized spacial score (nSPS) is 54.8. The topological polar surface area (TPSA) is 295 Å². The number of rotatable bonds is 9. The summed E-state index contributed by atoms with van der Waals surface area (Å²) in [6, 6.07) is 0. The van der Waals surface area contributed by atoms with Crippen molar-refractivity contribution in [3.63, 3.8) is 0 Å². The van der Waals surface area contributed by atoms with Crippen molar-refractivity contribution in [1.29, 1.82) is 0 Å². The zero-order chi connectivity index (χ0) is 48.3. The van der Waals surface area contributed by atoms with Crippen LogP contribution in [-0.4, -0.2) is 180 Å². The van der Waals surface area contributed by atoms with Crippen LogP contribution in [0.1, 0.15) is 113 Å². The number of carbonyl (C=O) groups excluding carboxylic acids is 1. The Morgan fingerprint density at radius 2 is 1.32 bits per heavy atom. The van der Waals surface area contributed by atoms with Crippen LogP contribution in [0, 0.1) is 50.2 Å². The number of allylic oxidation sites excluding steroid dienone is 2. The van der Waals surface area contributed by atoms with Gasteiger partial charge < -0.3 is 84.6 Å². The van der Waals surface area contributed by atoms with Crippen molar-refractivity contribution < 1.29 is 89.4 Å². The minimum absolute atomic E-state index is 0.0599. The SMILES string of the molecule is C[C@@H]1O[C@@H](O[C@H]2[C@H](O)[C@@H](O)[C@H](OC[C@H]3O[C@@H](OC(=O)[C@]45CCC(C)(C)CC4C4=CCC6[C@@]7(C)CC[C@H](O)[C@@](C)(CO)C7CC[C@@]6(C)C4(C)CC5)[C@H](O)[C@@H](O)[C@@H]3O)O[C@@H]2CO)[C@H](O)[C@H](O)[C@@H]1O. The molecule has 0 amide bonds. The first kappa shape index (κ1) is 50.9. The number of carbonyl (C=O) groups is 1. The number of hydrogen-bond acceptors (Lipinski definition) is 18. The van der Waals surface area contributed by atoms with E-state index in [-0.39, 0.29) is 40.1 Å². The minimum atomic E-state index is -1.85. The van der Waals surface area contributed by atoms with Crippen LogP contribution in [0.2, 0.25) is 0 Å². The first-order chi connectivity index (χ1) is 30.8. The molecule has 0 aromatic carbocycles. The van der Waals surface area contributed by atoms with E-state index in [2.05, 4.69) is 40.7 Å². The highest BCUT2D eigenvalue weighted by atomic mass is 16.8. The van der Waals surface area contributed by atoms with Gasteiger partial charge in [-0.2, -0.15) is 0 Å². The predicted octanol–water partition coefficient (Wildman–Crippen LogP) is 0.141.